The predicted molar refractivity (Wildman–Crippen MR) is 229 cm³/mol. The highest BCUT2D eigenvalue weighted by Crippen LogP contribution is 2.40. The number of nitrogens with zero attached hydrogens (tertiary/aromatic N) is 4. The molecule has 0 N–H and O–H groups in total. The number of aromatic nitrogens is 3. The second-order valence-corrected chi connectivity index (χ2v) is 13.7. The van der Waals surface area contributed by atoms with Crippen LogP contribution < -0.4 is 4.90 Å². The summed E-state index contributed by atoms with van der Waals surface area (Å²) < 4.78 is 0. The lowest BCUT2D eigenvalue weighted by Gasteiger charge is -2.26. The summed E-state index contributed by atoms with van der Waals surface area (Å²) in [5, 5.41) is 4.90. The van der Waals surface area contributed by atoms with Gasteiger partial charge in [-0.2, -0.15) is 0 Å². The van der Waals surface area contributed by atoms with E-state index < -0.39 is 0 Å². The van der Waals surface area contributed by atoms with E-state index in [0.717, 1.165) is 61.6 Å². The minimum absolute atomic E-state index is 0.874. The van der Waals surface area contributed by atoms with Gasteiger partial charge in [0.05, 0.1) is 16.7 Å². The van der Waals surface area contributed by atoms with E-state index in [9.17, 15) is 0 Å². The van der Waals surface area contributed by atoms with Crippen molar-refractivity contribution in [1.29, 1.82) is 0 Å². The van der Waals surface area contributed by atoms with Crippen molar-refractivity contribution in [1.82, 2.24) is 15.0 Å². The molecule has 0 aliphatic heterocycles. The number of benzene rings is 7. The maximum absolute atomic E-state index is 5.06. The zero-order valence-electron chi connectivity index (χ0n) is 29.9. The van der Waals surface area contributed by atoms with E-state index in [2.05, 4.69) is 168 Å². The second-order valence-electron chi connectivity index (χ2n) is 13.7. The quantitative estimate of drug-likeness (QED) is 0.155. The number of rotatable bonds is 7. The molecule has 0 amide bonds. The van der Waals surface area contributed by atoms with Crippen molar-refractivity contribution >= 4 is 49.6 Å². The van der Waals surface area contributed by atoms with Gasteiger partial charge in [0.2, 0.25) is 0 Å². The fourth-order valence-electron chi connectivity index (χ4n) is 7.63. The molecule has 0 radical (unpaired) electrons. The molecule has 4 heteroatoms. The van der Waals surface area contributed by atoms with Crippen molar-refractivity contribution in [3.63, 3.8) is 0 Å². The van der Waals surface area contributed by atoms with Gasteiger partial charge >= 0.3 is 0 Å². The molecule has 0 spiro atoms. The topological polar surface area (TPSA) is 41.9 Å². The van der Waals surface area contributed by atoms with Gasteiger partial charge in [-0.25, -0.2) is 4.98 Å². The molecule has 0 fully saturated rings. The maximum atomic E-state index is 5.06. The van der Waals surface area contributed by atoms with E-state index in [0.29, 0.717) is 0 Å². The average Bonchev–Trinajstić information content (AvgIpc) is 3.27. The molecule has 55 heavy (non-hydrogen) atoms. The molecule has 3 heterocycles. The van der Waals surface area contributed by atoms with Crippen LogP contribution in [-0.4, -0.2) is 15.0 Å². The minimum Gasteiger partial charge on any atom is -0.310 e. The standard InChI is InChI=1S/C51H34N4/c1-3-8-35(9-4-1)40-19-25-46-41(32-40)13-14-42-33-45(24-26-47(42)46)55(43-20-15-36(16-21-43)37-27-30-52-31-28-37)44-22-17-39(18-23-44)50-34-48(38-10-5-2-6-11-38)51-49(54-50)12-7-29-53-51/h1-34H. The fraction of sp³-hybridized carbons (Fsp3) is 0. The highest BCUT2D eigenvalue weighted by Gasteiger charge is 2.16. The predicted octanol–water partition coefficient (Wildman–Crippen LogP) is 13.5. The van der Waals surface area contributed by atoms with Crippen LogP contribution >= 0.6 is 0 Å². The Morgan fingerprint density at radius 3 is 1.64 bits per heavy atom. The van der Waals surface area contributed by atoms with Crippen molar-refractivity contribution in [2.75, 3.05) is 4.90 Å². The molecule has 258 valence electrons. The van der Waals surface area contributed by atoms with Crippen LogP contribution in [0.25, 0.3) is 77.2 Å². The van der Waals surface area contributed by atoms with Crippen LogP contribution in [0.1, 0.15) is 0 Å². The zero-order chi connectivity index (χ0) is 36.6. The van der Waals surface area contributed by atoms with Gasteiger partial charge in [0.15, 0.2) is 0 Å². The Balaban J connectivity index is 1.06. The van der Waals surface area contributed by atoms with Crippen LogP contribution in [0.15, 0.2) is 207 Å². The summed E-state index contributed by atoms with van der Waals surface area (Å²) in [6.45, 7) is 0. The Hall–Kier alpha value is -7.43. The Morgan fingerprint density at radius 2 is 0.927 bits per heavy atom. The third-order valence-corrected chi connectivity index (χ3v) is 10.4. The SMILES string of the molecule is c1ccc(-c2ccc3c(ccc4cc(N(c5ccc(-c6ccncc6)cc5)c5ccc(-c6cc(-c7ccccc7)c7ncccc7n6)cc5)ccc43)c2)cc1. The Morgan fingerprint density at radius 1 is 0.364 bits per heavy atom. The fourth-order valence-corrected chi connectivity index (χ4v) is 7.63. The lowest BCUT2D eigenvalue weighted by atomic mass is 9.97. The van der Waals surface area contributed by atoms with Gasteiger partial charge in [-0.1, -0.05) is 115 Å². The molecule has 0 saturated heterocycles. The van der Waals surface area contributed by atoms with Crippen LogP contribution in [0.4, 0.5) is 17.1 Å². The molecule has 7 aromatic carbocycles. The van der Waals surface area contributed by atoms with Gasteiger partial charge in [0.25, 0.3) is 0 Å². The van der Waals surface area contributed by atoms with Gasteiger partial charge in [-0.15, -0.1) is 0 Å². The van der Waals surface area contributed by atoms with Gasteiger partial charge in [-0.3, -0.25) is 9.97 Å². The van der Waals surface area contributed by atoms with E-state index in [4.69, 9.17) is 9.97 Å². The molecule has 0 bridgehead atoms. The molecule has 0 atom stereocenters. The van der Waals surface area contributed by atoms with Crippen LogP contribution in [0, 0.1) is 0 Å². The molecule has 3 aromatic heterocycles. The summed E-state index contributed by atoms with van der Waals surface area (Å²) >= 11 is 0. The molecule has 0 saturated carbocycles. The number of fused-ring (bicyclic) bond motifs is 4. The summed E-state index contributed by atoms with van der Waals surface area (Å²) in [5.74, 6) is 0. The zero-order valence-corrected chi connectivity index (χ0v) is 29.9. The Kier molecular flexibility index (Phi) is 8.12. The van der Waals surface area contributed by atoms with Crippen LogP contribution in [-0.2, 0) is 0 Å². The first-order valence-electron chi connectivity index (χ1n) is 18.5. The van der Waals surface area contributed by atoms with Crippen molar-refractivity contribution in [3.05, 3.63) is 207 Å². The van der Waals surface area contributed by atoms with Crippen LogP contribution in [0.5, 0.6) is 0 Å². The molecule has 4 nitrogen and oxygen atoms in total. The van der Waals surface area contributed by atoms with Crippen molar-refractivity contribution < 1.29 is 0 Å². The van der Waals surface area contributed by atoms with E-state index in [1.165, 1.54) is 32.7 Å². The number of hydrogen-bond acceptors (Lipinski definition) is 4. The largest absolute Gasteiger partial charge is 0.310 e. The summed E-state index contributed by atoms with van der Waals surface area (Å²) in [6.07, 6.45) is 5.50. The van der Waals surface area contributed by atoms with Crippen LogP contribution in [0.2, 0.25) is 0 Å². The molecule has 10 rings (SSSR count). The summed E-state index contributed by atoms with van der Waals surface area (Å²) in [4.78, 5) is 16.3. The normalized spacial score (nSPS) is 11.3. The number of pyridine rings is 3. The average molecular weight is 703 g/mol. The molecule has 0 aliphatic carbocycles. The third-order valence-electron chi connectivity index (χ3n) is 10.4. The summed E-state index contributed by atoms with van der Waals surface area (Å²) in [6, 6.07) is 66.8. The third kappa shape index (κ3) is 6.16. The Bertz CT molecular complexity index is 2950. The number of hydrogen-bond donors (Lipinski definition) is 0. The maximum Gasteiger partial charge on any atom is 0.0965 e. The van der Waals surface area contributed by atoms with Gasteiger partial charge in [-0.05, 0) is 122 Å². The molecule has 0 aliphatic rings. The highest BCUT2D eigenvalue weighted by molar-refractivity contribution is 6.09. The lowest BCUT2D eigenvalue weighted by Crippen LogP contribution is -2.10. The van der Waals surface area contributed by atoms with E-state index in [-0.39, 0.29) is 0 Å². The highest BCUT2D eigenvalue weighted by atomic mass is 15.1. The molecular formula is C51H34N4. The molecule has 10 aromatic rings. The first-order chi connectivity index (χ1) is 27.2. The lowest BCUT2D eigenvalue weighted by molar-refractivity contribution is 1.28. The molecular weight excluding hydrogens is 669 g/mol. The molecule has 0 unspecified atom stereocenters. The van der Waals surface area contributed by atoms with Crippen molar-refractivity contribution in [2.45, 2.75) is 0 Å². The van der Waals surface area contributed by atoms with Gasteiger partial charge < -0.3 is 4.90 Å². The first-order valence-corrected chi connectivity index (χ1v) is 18.5. The smallest absolute Gasteiger partial charge is 0.0965 e. The summed E-state index contributed by atoms with van der Waals surface area (Å²) in [7, 11) is 0. The second kappa shape index (κ2) is 13.8. The van der Waals surface area contributed by atoms with E-state index in [1.807, 2.05) is 48.9 Å². The van der Waals surface area contributed by atoms with E-state index in [1.54, 1.807) is 0 Å². The monoisotopic (exact) mass is 702 g/mol. The van der Waals surface area contributed by atoms with Gasteiger partial charge in [0, 0.05) is 46.8 Å². The minimum atomic E-state index is 0.874. The van der Waals surface area contributed by atoms with Crippen LogP contribution in [0.3, 0.4) is 0 Å². The first kappa shape index (κ1) is 32.2. The summed E-state index contributed by atoms with van der Waals surface area (Å²) in [5.41, 5.74) is 13.8. The van der Waals surface area contributed by atoms with Crippen molar-refractivity contribution in [2.24, 2.45) is 0 Å². The van der Waals surface area contributed by atoms with E-state index >= 15 is 0 Å². The van der Waals surface area contributed by atoms with Crippen molar-refractivity contribution in [3.8, 4) is 44.6 Å². The van der Waals surface area contributed by atoms with Gasteiger partial charge in [0.1, 0.15) is 0 Å². The number of anilines is 3. The Labute approximate surface area is 319 Å².